The Balaban J connectivity index is 2.48. The smallest absolute Gasteiger partial charge is 0.153 e. The first-order valence-corrected chi connectivity index (χ1v) is 6.99. The summed E-state index contributed by atoms with van der Waals surface area (Å²) in [5.74, 6) is 0.0739. The topological polar surface area (TPSA) is 54.4 Å². The van der Waals surface area contributed by atoms with E-state index in [2.05, 4.69) is 0 Å². The summed E-state index contributed by atoms with van der Waals surface area (Å²) in [5.41, 5.74) is 0.986. The molecule has 0 saturated carbocycles. The summed E-state index contributed by atoms with van der Waals surface area (Å²) in [6.07, 6.45) is 3.74. The third kappa shape index (κ3) is 5.09. The molecule has 0 bridgehead atoms. The molecular formula is C12H16O3S. The summed E-state index contributed by atoms with van der Waals surface area (Å²) in [7, 11) is -3.06. The summed E-state index contributed by atoms with van der Waals surface area (Å²) in [6.45, 7) is -0.0817. The Hall–Kier alpha value is -1.13. The van der Waals surface area contributed by atoms with Gasteiger partial charge in [-0.05, 0) is 12.0 Å². The average Bonchev–Trinajstić information content (AvgIpc) is 2.28. The van der Waals surface area contributed by atoms with Crippen LogP contribution in [-0.2, 0) is 9.84 Å². The predicted molar refractivity (Wildman–Crippen MR) is 65.8 cm³/mol. The van der Waals surface area contributed by atoms with Crippen molar-refractivity contribution in [2.45, 2.75) is 6.42 Å². The molecule has 88 valence electrons. The van der Waals surface area contributed by atoms with Crippen LogP contribution in [0.1, 0.15) is 12.0 Å². The number of sulfone groups is 1. The molecule has 0 radical (unpaired) electrons. The number of hydrogen-bond donors (Lipinski definition) is 1. The van der Waals surface area contributed by atoms with E-state index in [4.69, 9.17) is 5.11 Å². The molecule has 1 aromatic carbocycles. The van der Waals surface area contributed by atoms with E-state index >= 15 is 0 Å². The maximum atomic E-state index is 11.4. The molecule has 0 amide bonds. The van der Waals surface area contributed by atoms with Crippen LogP contribution in [0.2, 0.25) is 0 Å². The molecule has 4 heteroatoms. The first kappa shape index (κ1) is 12.9. The summed E-state index contributed by atoms with van der Waals surface area (Å²) < 4.78 is 22.8. The molecule has 0 saturated heterocycles. The highest BCUT2D eigenvalue weighted by atomic mass is 32.2. The van der Waals surface area contributed by atoms with E-state index in [0.717, 1.165) is 5.56 Å². The Morgan fingerprint density at radius 1 is 1.19 bits per heavy atom. The van der Waals surface area contributed by atoms with Gasteiger partial charge in [0.1, 0.15) is 0 Å². The maximum Gasteiger partial charge on any atom is 0.153 e. The molecule has 3 nitrogen and oxygen atoms in total. The predicted octanol–water partition coefficient (Wildman–Crippen LogP) is 1.50. The van der Waals surface area contributed by atoms with E-state index in [1.807, 2.05) is 30.3 Å². The van der Waals surface area contributed by atoms with Gasteiger partial charge in [0, 0.05) is 6.61 Å². The van der Waals surface area contributed by atoms with Crippen molar-refractivity contribution >= 4 is 15.9 Å². The van der Waals surface area contributed by atoms with E-state index in [0.29, 0.717) is 6.42 Å². The fourth-order valence-corrected chi connectivity index (χ4v) is 2.39. The molecule has 1 rings (SSSR count). The minimum absolute atomic E-state index is 0.0297. The Bertz CT molecular complexity index is 421. The van der Waals surface area contributed by atoms with Crippen molar-refractivity contribution < 1.29 is 13.5 Å². The van der Waals surface area contributed by atoms with Crippen LogP contribution in [0, 0.1) is 0 Å². The number of rotatable bonds is 6. The molecule has 0 unspecified atom stereocenters. The first-order valence-electron chi connectivity index (χ1n) is 5.17. The van der Waals surface area contributed by atoms with Crippen molar-refractivity contribution in [3.05, 3.63) is 42.0 Å². The van der Waals surface area contributed by atoms with Gasteiger partial charge in [-0.3, -0.25) is 0 Å². The second kappa shape index (κ2) is 6.45. The molecule has 1 aromatic rings. The molecule has 0 aliphatic rings. The minimum atomic E-state index is -3.06. The maximum absolute atomic E-state index is 11.4. The van der Waals surface area contributed by atoms with Gasteiger partial charge in [0.05, 0.1) is 11.5 Å². The van der Waals surface area contributed by atoms with E-state index < -0.39 is 9.84 Å². The van der Waals surface area contributed by atoms with Gasteiger partial charge in [-0.25, -0.2) is 8.42 Å². The van der Waals surface area contributed by atoms with Crippen molar-refractivity contribution in [2.24, 2.45) is 0 Å². The van der Waals surface area contributed by atoms with Crippen molar-refractivity contribution in [3.8, 4) is 0 Å². The van der Waals surface area contributed by atoms with Crippen molar-refractivity contribution in [1.29, 1.82) is 0 Å². The molecule has 0 spiro atoms. The molecule has 16 heavy (non-hydrogen) atoms. The summed E-state index contributed by atoms with van der Waals surface area (Å²) in [5, 5.41) is 8.55. The SMILES string of the molecule is O=S(=O)(C/C=C/c1ccccc1)CCCO. The summed E-state index contributed by atoms with van der Waals surface area (Å²) >= 11 is 0. The van der Waals surface area contributed by atoms with Gasteiger partial charge in [-0.1, -0.05) is 42.5 Å². The van der Waals surface area contributed by atoms with Gasteiger partial charge in [-0.2, -0.15) is 0 Å². The van der Waals surface area contributed by atoms with Crippen molar-refractivity contribution in [3.63, 3.8) is 0 Å². The van der Waals surface area contributed by atoms with Gasteiger partial charge in [0.2, 0.25) is 0 Å². The fourth-order valence-electron chi connectivity index (χ4n) is 1.26. The normalized spacial score (nSPS) is 12.1. The van der Waals surface area contributed by atoms with Crippen LogP contribution in [0.15, 0.2) is 36.4 Å². The zero-order valence-corrected chi connectivity index (χ0v) is 9.86. The van der Waals surface area contributed by atoms with Crippen LogP contribution in [0.25, 0.3) is 6.08 Å². The van der Waals surface area contributed by atoms with Crippen LogP contribution in [-0.4, -0.2) is 31.6 Å². The van der Waals surface area contributed by atoms with E-state index in [1.165, 1.54) is 0 Å². The third-order valence-corrected chi connectivity index (χ3v) is 3.68. The van der Waals surface area contributed by atoms with Crippen molar-refractivity contribution in [1.82, 2.24) is 0 Å². The van der Waals surface area contributed by atoms with Gasteiger partial charge in [0.15, 0.2) is 9.84 Å². The summed E-state index contributed by atoms with van der Waals surface area (Å²) in [4.78, 5) is 0. The number of benzene rings is 1. The number of aliphatic hydroxyl groups excluding tert-OH is 1. The van der Waals surface area contributed by atoms with E-state index in [1.54, 1.807) is 12.2 Å². The zero-order valence-electron chi connectivity index (χ0n) is 9.04. The molecule has 0 atom stereocenters. The average molecular weight is 240 g/mol. The monoisotopic (exact) mass is 240 g/mol. The summed E-state index contributed by atoms with van der Waals surface area (Å²) in [6, 6.07) is 9.54. The molecule has 0 aliphatic carbocycles. The van der Waals surface area contributed by atoms with Crippen LogP contribution >= 0.6 is 0 Å². The van der Waals surface area contributed by atoms with Crippen LogP contribution in [0.5, 0.6) is 0 Å². The Morgan fingerprint density at radius 2 is 1.88 bits per heavy atom. The standard InChI is InChI=1S/C12H16O3S/c13-9-5-11-16(14,15)10-4-8-12-6-2-1-3-7-12/h1-4,6-8,13H,5,9-11H2/b8-4+. The Kier molecular flexibility index (Phi) is 5.22. The van der Waals surface area contributed by atoms with Gasteiger partial charge in [-0.15, -0.1) is 0 Å². The lowest BCUT2D eigenvalue weighted by atomic mass is 10.2. The fraction of sp³-hybridized carbons (Fsp3) is 0.333. The first-order chi connectivity index (χ1) is 7.64. The Morgan fingerprint density at radius 3 is 2.50 bits per heavy atom. The lowest BCUT2D eigenvalue weighted by molar-refractivity contribution is 0.295. The van der Waals surface area contributed by atoms with Gasteiger partial charge < -0.3 is 5.11 Å². The number of aliphatic hydroxyl groups is 1. The quantitative estimate of drug-likeness (QED) is 0.819. The Labute approximate surface area is 96.4 Å². The highest BCUT2D eigenvalue weighted by Gasteiger charge is 2.06. The second-order valence-corrected chi connectivity index (χ2v) is 5.73. The third-order valence-electron chi connectivity index (χ3n) is 2.07. The van der Waals surface area contributed by atoms with E-state index in [-0.39, 0.29) is 18.1 Å². The lowest BCUT2D eigenvalue weighted by Crippen LogP contribution is -2.10. The molecule has 0 fully saturated rings. The zero-order chi connectivity index (χ0) is 11.9. The van der Waals surface area contributed by atoms with Gasteiger partial charge in [0.25, 0.3) is 0 Å². The van der Waals surface area contributed by atoms with Crippen LogP contribution in [0.4, 0.5) is 0 Å². The largest absolute Gasteiger partial charge is 0.396 e. The number of hydrogen-bond acceptors (Lipinski definition) is 3. The minimum Gasteiger partial charge on any atom is -0.396 e. The molecule has 0 aromatic heterocycles. The van der Waals surface area contributed by atoms with Crippen LogP contribution < -0.4 is 0 Å². The molecule has 0 aliphatic heterocycles. The highest BCUT2D eigenvalue weighted by Crippen LogP contribution is 2.02. The van der Waals surface area contributed by atoms with Crippen LogP contribution in [0.3, 0.4) is 0 Å². The molecule has 1 N–H and O–H groups in total. The van der Waals surface area contributed by atoms with E-state index in [9.17, 15) is 8.42 Å². The van der Waals surface area contributed by atoms with Gasteiger partial charge >= 0.3 is 0 Å². The molecular weight excluding hydrogens is 224 g/mol. The second-order valence-electron chi connectivity index (χ2n) is 3.50. The highest BCUT2D eigenvalue weighted by molar-refractivity contribution is 7.91. The molecule has 0 heterocycles. The van der Waals surface area contributed by atoms with Crippen molar-refractivity contribution in [2.75, 3.05) is 18.1 Å². The lowest BCUT2D eigenvalue weighted by Gasteiger charge is -1.98.